The van der Waals surface area contributed by atoms with Crippen molar-refractivity contribution >= 4 is 5.69 Å². The minimum Gasteiger partial charge on any atom is -0.368 e. The Morgan fingerprint density at radius 1 is 1.10 bits per heavy atom. The Balaban J connectivity index is 1.77. The maximum atomic E-state index is 6.12. The summed E-state index contributed by atoms with van der Waals surface area (Å²) in [5.41, 5.74) is 8.80. The molecule has 3 rings (SSSR count). The van der Waals surface area contributed by atoms with Gasteiger partial charge >= 0.3 is 0 Å². The van der Waals surface area contributed by atoms with Crippen molar-refractivity contribution in [3.05, 3.63) is 29.8 Å². The average molecular weight is 272 g/mol. The summed E-state index contributed by atoms with van der Waals surface area (Å²) in [6, 6.07) is 10.0. The molecule has 2 N–H and O–H groups in total. The van der Waals surface area contributed by atoms with Crippen molar-refractivity contribution in [3.8, 4) is 0 Å². The zero-order chi connectivity index (χ0) is 13.9. The predicted molar refractivity (Wildman–Crippen MR) is 86.0 cm³/mol. The lowest BCUT2D eigenvalue weighted by molar-refractivity contribution is 0.244. The zero-order valence-electron chi connectivity index (χ0n) is 12.7. The maximum absolute atomic E-state index is 6.12. The van der Waals surface area contributed by atoms with Crippen LogP contribution in [0.1, 0.15) is 63.5 Å². The van der Waals surface area contributed by atoms with E-state index in [1.54, 1.807) is 0 Å². The van der Waals surface area contributed by atoms with Crippen molar-refractivity contribution < 1.29 is 0 Å². The number of hydrogen-bond acceptors (Lipinski definition) is 2. The van der Waals surface area contributed by atoms with Crippen LogP contribution >= 0.6 is 0 Å². The van der Waals surface area contributed by atoms with Gasteiger partial charge in [0.05, 0.1) is 0 Å². The van der Waals surface area contributed by atoms with Crippen molar-refractivity contribution in [2.45, 2.75) is 64.0 Å². The molecule has 1 saturated heterocycles. The number of nitrogens with two attached hydrogens (primary N) is 1. The molecular formula is C18H28N2. The van der Waals surface area contributed by atoms with E-state index in [0.717, 1.165) is 18.4 Å². The quantitative estimate of drug-likeness (QED) is 0.891. The van der Waals surface area contributed by atoms with Crippen molar-refractivity contribution in [3.63, 3.8) is 0 Å². The van der Waals surface area contributed by atoms with E-state index >= 15 is 0 Å². The van der Waals surface area contributed by atoms with Crippen LogP contribution < -0.4 is 10.6 Å². The van der Waals surface area contributed by atoms with Gasteiger partial charge in [0.1, 0.15) is 0 Å². The molecule has 1 aliphatic carbocycles. The normalized spacial score (nSPS) is 28.0. The summed E-state index contributed by atoms with van der Waals surface area (Å²) in [7, 11) is 0. The van der Waals surface area contributed by atoms with Gasteiger partial charge in [-0.15, -0.1) is 0 Å². The number of piperidine rings is 1. The molecule has 3 atom stereocenters. The Morgan fingerprint density at radius 2 is 1.80 bits per heavy atom. The van der Waals surface area contributed by atoms with Gasteiger partial charge in [0.25, 0.3) is 0 Å². The van der Waals surface area contributed by atoms with Crippen LogP contribution in [0.15, 0.2) is 24.3 Å². The Morgan fingerprint density at radius 3 is 2.55 bits per heavy atom. The summed E-state index contributed by atoms with van der Waals surface area (Å²) in [6.07, 6.45) is 9.50. The molecule has 0 spiro atoms. The van der Waals surface area contributed by atoms with Crippen molar-refractivity contribution in [1.82, 2.24) is 0 Å². The van der Waals surface area contributed by atoms with Gasteiger partial charge in [-0.05, 0) is 55.7 Å². The van der Waals surface area contributed by atoms with E-state index in [4.69, 9.17) is 5.73 Å². The standard InChI is InChI=1S/C18H28N2/c1-2-17(19)14-9-11-16(12-10-14)20-13-5-7-15-6-3-4-8-18(15)20/h9-12,15,17-18H,2-8,13,19H2,1H3. The van der Waals surface area contributed by atoms with E-state index in [0.29, 0.717) is 0 Å². The van der Waals surface area contributed by atoms with Crippen LogP contribution in [-0.2, 0) is 0 Å². The molecule has 1 heterocycles. The summed E-state index contributed by atoms with van der Waals surface area (Å²) < 4.78 is 0. The second kappa shape index (κ2) is 6.17. The Kier molecular flexibility index (Phi) is 4.30. The van der Waals surface area contributed by atoms with Crippen LogP contribution in [0.2, 0.25) is 0 Å². The van der Waals surface area contributed by atoms with E-state index < -0.39 is 0 Å². The molecule has 2 fully saturated rings. The van der Waals surface area contributed by atoms with Gasteiger partial charge in [0, 0.05) is 24.3 Å². The van der Waals surface area contributed by atoms with Gasteiger partial charge in [-0.1, -0.05) is 31.9 Å². The summed E-state index contributed by atoms with van der Waals surface area (Å²) in [5.74, 6) is 0.940. The van der Waals surface area contributed by atoms with Gasteiger partial charge in [-0.25, -0.2) is 0 Å². The first-order valence-corrected chi connectivity index (χ1v) is 8.41. The van der Waals surface area contributed by atoms with Gasteiger partial charge < -0.3 is 10.6 Å². The number of fused-ring (bicyclic) bond motifs is 1. The van der Waals surface area contributed by atoms with Crippen LogP contribution in [0.3, 0.4) is 0 Å². The fourth-order valence-electron chi connectivity index (χ4n) is 4.09. The van der Waals surface area contributed by atoms with Crippen LogP contribution in [0.4, 0.5) is 5.69 Å². The minimum absolute atomic E-state index is 0.188. The summed E-state index contributed by atoms with van der Waals surface area (Å²) >= 11 is 0. The van der Waals surface area contributed by atoms with E-state index in [1.165, 1.54) is 56.3 Å². The lowest BCUT2D eigenvalue weighted by Crippen LogP contribution is -2.46. The molecule has 1 aromatic rings. The molecule has 0 bridgehead atoms. The smallest absolute Gasteiger partial charge is 0.0369 e. The first-order chi connectivity index (χ1) is 9.79. The molecule has 3 unspecified atom stereocenters. The third-order valence-electron chi connectivity index (χ3n) is 5.34. The molecule has 2 aliphatic rings. The van der Waals surface area contributed by atoms with E-state index in [2.05, 4.69) is 36.1 Å². The third-order valence-corrected chi connectivity index (χ3v) is 5.34. The van der Waals surface area contributed by atoms with Crippen LogP contribution in [-0.4, -0.2) is 12.6 Å². The molecule has 0 amide bonds. The molecule has 2 heteroatoms. The fourth-order valence-corrected chi connectivity index (χ4v) is 4.09. The highest BCUT2D eigenvalue weighted by molar-refractivity contribution is 5.49. The molecule has 0 radical (unpaired) electrons. The molecule has 0 aromatic heterocycles. The Hall–Kier alpha value is -1.02. The number of benzene rings is 1. The number of anilines is 1. The average Bonchev–Trinajstić information content (AvgIpc) is 2.54. The van der Waals surface area contributed by atoms with Crippen molar-refractivity contribution in [2.75, 3.05) is 11.4 Å². The number of rotatable bonds is 3. The first kappa shape index (κ1) is 13.9. The Bertz CT molecular complexity index is 424. The summed E-state index contributed by atoms with van der Waals surface area (Å²) in [6.45, 7) is 3.39. The molecular weight excluding hydrogens is 244 g/mol. The predicted octanol–water partition coefficient (Wildman–Crippen LogP) is 4.26. The van der Waals surface area contributed by atoms with Gasteiger partial charge in [-0.3, -0.25) is 0 Å². The molecule has 110 valence electrons. The summed E-state index contributed by atoms with van der Waals surface area (Å²) in [5, 5.41) is 0. The Labute approximate surface area is 123 Å². The topological polar surface area (TPSA) is 29.3 Å². The largest absolute Gasteiger partial charge is 0.368 e. The first-order valence-electron chi connectivity index (χ1n) is 8.41. The SMILES string of the molecule is CCC(N)c1ccc(N2CCCC3CCCCC32)cc1. The molecule has 1 aromatic carbocycles. The highest BCUT2D eigenvalue weighted by Gasteiger charge is 2.33. The van der Waals surface area contributed by atoms with Crippen LogP contribution in [0.5, 0.6) is 0 Å². The molecule has 20 heavy (non-hydrogen) atoms. The fraction of sp³-hybridized carbons (Fsp3) is 0.667. The van der Waals surface area contributed by atoms with Crippen LogP contribution in [0.25, 0.3) is 0 Å². The maximum Gasteiger partial charge on any atom is 0.0369 e. The monoisotopic (exact) mass is 272 g/mol. The highest BCUT2D eigenvalue weighted by Crippen LogP contribution is 2.37. The van der Waals surface area contributed by atoms with Gasteiger partial charge in [-0.2, -0.15) is 0 Å². The number of nitrogens with zero attached hydrogens (tertiary/aromatic N) is 1. The van der Waals surface area contributed by atoms with Gasteiger partial charge in [0.2, 0.25) is 0 Å². The highest BCUT2D eigenvalue weighted by atomic mass is 15.2. The second-order valence-corrected chi connectivity index (χ2v) is 6.55. The number of hydrogen-bond donors (Lipinski definition) is 1. The van der Waals surface area contributed by atoms with Gasteiger partial charge in [0.15, 0.2) is 0 Å². The molecule has 1 saturated carbocycles. The lowest BCUT2D eigenvalue weighted by Gasteiger charge is -2.45. The lowest BCUT2D eigenvalue weighted by atomic mass is 9.78. The molecule has 2 nitrogen and oxygen atoms in total. The zero-order valence-corrected chi connectivity index (χ0v) is 12.7. The van der Waals surface area contributed by atoms with Crippen LogP contribution in [0, 0.1) is 5.92 Å². The van der Waals surface area contributed by atoms with E-state index in [1.807, 2.05) is 0 Å². The van der Waals surface area contributed by atoms with E-state index in [-0.39, 0.29) is 6.04 Å². The van der Waals surface area contributed by atoms with E-state index in [9.17, 15) is 0 Å². The molecule has 1 aliphatic heterocycles. The van der Waals surface area contributed by atoms with Crippen molar-refractivity contribution in [2.24, 2.45) is 11.7 Å². The second-order valence-electron chi connectivity index (χ2n) is 6.55. The van der Waals surface area contributed by atoms with Crippen molar-refractivity contribution in [1.29, 1.82) is 0 Å². The third kappa shape index (κ3) is 2.71. The minimum atomic E-state index is 0.188. The summed E-state index contributed by atoms with van der Waals surface area (Å²) in [4.78, 5) is 2.68.